The maximum absolute atomic E-state index is 10.5. The first-order valence-corrected chi connectivity index (χ1v) is 9.76. The van der Waals surface area contributed by atoms with Gasteiger partial charge in [0.05, 0.1) is 4.88 Å². The van der Waals surface area contributed by atoms with E-state index in [2.05, 4.69) is 52.3 Å². The molecular formula is C20H22N4OS. The first kappa shape index (κ1) is 17.1. The van der Waals surface area contributed by atoms with Gasteiger partial charge in [0.15, 0.2) is 0 Å². The monoisotopic (exact) mass is 366 g/mol. The largest absolute Gasteiger partial charge is 0.383 e. The van der Waals surface area contributed by atoms with E-state index in [1.807, 2.05) is 18.6 Å². The van der Waals surface area contributed by atoms with E-state index in [0.717, 1.165) is 57.9 Å². The number of aromatic nitrogens is 3. The van der Waals surface area contributed by atoms with Gasteiger partial charge < -0.3 is 10.4 Å². The maximum atomic E-state index is 10.5. The molecule has 0 unspecified atom stereocenters. The minimum atomic E-state index is -0.706. The summed E-state index contributed by atoms with van der Waals surface area (Å²) in [4.78, 5) is 14.3. The molecule has 1 aliphatic rings. The van der Waals surface area contributed by atoms with Crippen LogP contribution in [0.2, 0.25) is 0 Å². The molecule has 0 bridgehead atoms. The van der Waals surface area contributed by atoms with Crippen LogP contribution in [0.25, 0.3) is 10.4 Å². The van der Waals surface area contributed by atoms with Crippen molar-refractivity contribution in [3.05, 3.63) is 52.9 Å². The van der Waals surface area contributed by atoms with Gasteiger partial charge in [-0.15, -0.1) is 11.3 Å². The fourth-order valence-electron chi connectivity index (χ4n) is 3.08. The Labute approximate surface area is 157 Å². The summed E-state index contributed by atoms with van der Waals surface area (Å²) in [5.74, 6) is 0.590. The predicted molar refractivity (Wildman–Crippen MR) is 105 cm³/mol. The minimum absolute atomic E-state index is 0.590. The van der Waals surface area contributed by atoms with Gasteiger partial charge in [-0.1, -0.05) is 13.0 Å². The first-order valence-electron chi connectivity index (χ1n) is 8.94. The number of hydrogen-bond donors (Lipinski definition) is 2. The summed E-state index contributed by atoms with van der Waals surface area (Å²) in [5.41, 5.74) is 3.59. The molecule has 4 rings (SSSR count). The molecule has 5 nitrogen and oxygen atoms in total. The van der Waals surface area contributed by atoms with Crippen LogP contribution in [0, 0.1) is 6.92 Å². The molecule has 1 fully saturated rings. The summed E-state index contributed by atoms with van der Waals surface area (Å²) < 4.78 is 0. The van der Waals surface area contributed by atoms with E-state index >= 15 is 0 Å². The summed E-state index contributed by atoms with van der Waals surface area (Å²) in [6.07, 6.45) is 9.18. The highest BCUT2D eigenvalue weighted by molar-refractivity contribution is 7.15. The Morgan fingerprint density at radius 1 is 1.12 bits per heavy atom. The summed E-state index contributed by atoms with van der Waals surface area (Å²) in [5, 5.41) is 14.6. The number of aryl methyl sites for hydroxylation is 2. The van der Waals surface area contributed by atoms with Gasteiger partial charge in [-0.05, 0) is 61.4 Å². The van der Waals surface area contributed by atoms with Crippen LogP contribution in [0.1, 0.15) is 42.3 Å². The zero-order chi connectivity index (χ0) is 18.1. The zero-order valence-electron chi connectivity index (χ0n) is 15.0. The molecule has 1 saturated carbocycles. The molecule has 0 saturated heterocycles. The van der Waals surface area contributed by atoms with Crippen molar-refractivity contribution >= 4 is 23.0 Å². The first-order chi connectivity index (χ1) is 12.6. The van der Waals surface area contributed by atoms with E-state index in [0.29, 0.717) is 5.95 Å². The predicted octanol–water partition coefficient (Wildman–Crippen LogP) is 4.59. The molecule has 1 aliphatic carbocycles. The smallest absolute Gasteiger partial charge is 0.227 e. The Bertz CT molecular complexity index is 916. The average molecular weight is 366 g/mol. The molecule has 1 aromatic carbocycles. The van der Waals surface area contributed by atoms with Crippen molar-refractivity contribution < 1.29 is 5.11 Å². The highest BCUT2D eigenvalue weighted by Gasteiger charge is 2.39. The van der Waals surface area contributed by atoms with E-state index in [1.165, 1.54) is 0 Å². The average Bonchev–Trinajstić information content (AvgIpc) is 3.10. The second kappa shape index (κ2) is 6.78. The summed E-state index contributed by atoms with van der Waals surface area (Å²) in [7, 11) is 0. The van der Waals surface area contributed by atoms with Gasteiger partial charge >= 0.3 is 0 Å². The van der Waals surface area contributed by atoms with Crippen molar-refractivity contribution in [1.82, 2.24) is 15.0 Å². The summed E-state index contributed by atoms with van der Waals surface area (Å²) in [6.45, 7) is 4.15. The van der Waals surface area contributed by atoms with Crippen LogP contribution < -0.4 is 5.32 Å². The molecule has 26 heavy (non-hydrogen) atoms. The fraction of sp³-hybridized carbons (Fsp3) is 0.350. The van der Waals surface area contributed by atoms with Crippen molar-refractivity contribution in [3.8, 4) is 10.4 Å². The van der Waals surface area contributed by atoms with Gasteiger partial charge in [0.1, 0.15) is 10.6 Å². The Morgan fingerprint density at radius 2 is 1.88 bits per heavy atom. The van der Waals surface area contributed by atoms with Crippen LogP contribution in [0.4, 0.5) is 11.6 Å². The maximum Gasteiger partial charge on any atom is 0.227 e. The van der Waals surface area contributed by atoms with E-state index in [4.69, 9.17) is 0 Å². The van der Waals surface area contributed by atoms with Gasteiger partial charge in [0, 0.05) is 24.3 Å². The minimum Gasteiger partial charge on any atom is -0.383 e. The highest BCUT2D eigenvalue weighted by Crippen LogP contribution is 2.44. The van der Waals surface area contributed by atoms with Gasteiger partial charge in [-0.3, -0.25) is 0 Å². The van der Waals surface area contributed by atoms with Crippen molar-refractivity contribution in [3.63, 3.8) is 0 Å². The normalized spacial score (nSPS) is 15.5. The second-order valence-electron chi connectivity index (χ2n) is 6.90. The van der Waals surface area contributed by atoms with Crippen molar-refractivity contribution in [2.75, 3.05) is 5.32 Å². The van der Waals surface area contributed by atoms with Crippen LogP contribution in [-0.2, 0) is 12.0 Å². The number of benzene rings is 1. The molecule has 0 atom stereocenters. The number of anilines is 2. The van der Waals surface area contributed by atoms with Gasteiger partial charge in [-0.25, -0.2) is 15.0 Å². The third-order valence-corrected chi connectivity index (χ3v) is 6.06. The number of rotatable bonds is 5. The Morgan fingerprint density at radius 3 is 2.54 bits per heavy atom. The molecule has 2 aromatic heterocycles. The molecule has 0 radical (unpaired) electrons. The standard InChI is InChI=1S/C20H22N4OS/c1-3-14-10-22-19(23-11-14)24-16-8-13(2)7-15(9-16)17-12-21-18(26-17)20(25)5-4-6-20/h7-12,25H,3-6H2,1-2H3,(H,22,23,24). The number of nitrogens with one attached hydrogen (secondary N) is 1. The number of nitrogens with zero attached hydrogens (tertiary/aromatic N) is 3. The number of thiazole rings is 1. The second-order valence-corrected chi connectivity index (χ2v) is 7.93. The lowest BCUT2D eigenvalue weighted by Crippen LogP contribution is -2.33. The van der Waals surface area contributed by atoms with Gasteiger partial charge in [-0.2, -0.15) is 0 Å². The Hall–Kier alpha value is -2.31. The summed E-state index contributed by atoms with van der Waals surface area (Å²) in [6, 6.07) is 6.28. The lowest BCUT2D eigenvalue weighted by molar-refractivity contribution is -0.0389. The van der Waals surface area contributed by atoms with Crippen LogP contribution in [0.3, 0.4) is 0 Å². The molecule has 0 spiro atoms. The molecule has 2 heterocycles. The molecule has 6 heteroatoms. The van der Waals surface area contributed by atoms with Crippen LogP contribution >= 0.6 is 11.3 Å². The lowest BCUT2D eigenvalue weighted by atomic mass is 9.81. The topological polar surface area (TPSA) is 70.9 Å². The molecule has 0 aliphatic heterocycles. The SMILES string of the molecule is CCc1cnc(Nc2cc(C)cc(-c3cnc(C4(O)CCC4)s3)c2)nc1. The van der Waals surface area contributed by atoms with Crippen molar-refractivity contribution in [2.45, 2.75) is 45.1 Å². The lowest BCUT2D eigenvalue weighted by Gasteiger charge is -2.34. The molecule has 134 valence electrons. The highest BCUT2D eigenvalue weighted by atomic mass is 32.1. The van der Waals surface area contributed by atoms with E-state index < -0.39 is 5.60 Å². The fourth-order valence-corrected chi connectivity index (χ4v) is 4.13. The van der Waals surface area contributed by atoms with Crippen LogP contribution in [-0.4, -0.2) is 20.1 Å². The molecule has 0 amide bonds. The van der Waals surface area contributed by atoms with Crippen LogP contribution in [0.15, 0.2) is 36.8 Å². The third-order valence-electron chi connectivity index (χ3n) is 4.82. The van der Waals surface area contributed by atoms with Crippen LogP contribution in [0.5, 0.6) is 0 Å². The molecular weight excluding hydrogens is 344 g/mol. The van der Waals surface area contributed by atoms with Gasteiger partial charge in [0.25, 0.3) is 0 Å². The van der Waals surface area contributed by atoms with E-state index in [9.17, 15) is 5.11 Å². The summed E-state index contributed by atoms with van der Waals surface area (Å²) >= 11 is 1.58. The number of aliphatic hydroxyl groups is 1. The Balaban J connectivity index is 1.59. The molecule has 2 N–H and O–H groups in total. The van der Waals surface area contributed by atoms with Crippen molar-refractivity contribution in [1.29, 1.82) is 0 Å². The Kier molecular flexibility index (Phi) is 4.46. The quantitative estimate of drug-likeness (QED) is 0.691. The third kappa shape index (κ3) is 3.34. The van der Waals surface area contributed by atoms with Gasteiger partial charge in [0.2, 0.25) is 5.95 Å². The molecule has 3 aromatic rings. The zero-order valence-corrected chi connectivity index (χ0v) is 15.8. The van der Waals surface area contributed by atoms with E-state index in [-0.39, 0.29) is 0 Å². The number of hydrogen-bond acceptors (Lipinski definition) is 6. The van der Waals surface area contributed by atoms with E-state index in [1.54, 1.807) is 11.3 Å². The van der Waals surface area contributed by atoms with Crippen molar-refractivity contribution in [2.24, 2.45) is 0 Å².